The standard InChI is InChI=1S/C14H22N2OS/c1-11-7-4-5-8-12(11)18-10-6-9-14(2,16-3)13(15)17/h4-5,7-8,16H,6,9-10H2,1-3H3,(H2,15,17). The Hall–Kier alpha value is -1.00. The number of thioether (sulfide) groups is 1. The van der Waals surface area contributed by atoms with E-state index in [1.807, 2.05) is 24.8 Å². The summed E-state index contributed by atoms with van der Waals surface area (Å²) in [5.74, 6) is 0.709. The molecule has 0 saturated heterocycles. The van der Waals surface area contributed by atoms with Gasteiger partial charge in [0.25, 0.3) is 0 Å². The molecule has 0 saturated carbocycles. The van der Waals surface area contributed by atoms with E-state index in [0.29, 0.717) is 0 Å². The lowest BCUT2D eigenvalue weighted by atomic mass is 9.96. The molecule has 1 amide bonds. The van der Waals surface area contributed by atoms with Crippen LogP contribution in [-0.4, -0.2) is 24.2 Å². The van der Waals surface area contributed by atoms with Crippen LogP contribution in [0.1, 0.15) is 25.3 Å². The molecule has 4 heteroatoms. The Bertz CT molecular complexity index is 409. The second-order valence-electron chi connectivity index (χ2n) is 4.66. The van der Waals surface area contributed by atoms with Crippen molar-refractivity contribution < 1.29 is 4.79 Å². The minimum absolute atomic E-state index is 0.286. The predicted octanol–water partition coefficient (Wildman–Crippen LogP) is 2.33. The van der Waals surface area contributed by atoms with Crippen LogP contribution in [0.15, 0.2) is 29.2 Å². The Balaban J connectivity index is 2.39. The van der Waals surface area contributed by atoms with Crippen LogP contribution in [0, 0.1) is 6.92 Å². The van der Waals surface area contributed by atoms with E-state index in [1.54, 1.807) is 7.05 Å². The van der Waals surface area contributed by atoms with Gasteiger partial charge in [-0.2, -0.15) is 0 Å². The molecule has 0 spiro atoms. The van der Waals surface area contributed by atoms with Crippen LogP contribution in [-0.2, 0) is 4.79 Å². The molecule has 0 aliphatic carbocycles. The van der Waals surface area contributed by atoms with Crippen molar-refractivity contribution in [2.24, 2.45) is 5.73 Å². The van der Waals surface area contributed by atoms with Gasteiger partial charge in [0.15, 0.2) is 0 Å². The fourth-order valence-corrected chi connectivity index (χ4v) is 2.68. The fraction of sp³-hybridized carbons (Fsp3) is 0.500. The second-order valence-corrected chi connectivity index (χ2v) is 5.80. The lowest BCUT2D eigenvalue weighted by Crippen LogP contribution is -2.51. The van der Waals surface area contributed by atoms with Gasteiger partial charge in [0.1, 0.15) is 0 Å². The number of primary amides is 1. The van der Waals surface area contributed by atoms with Crippen LogP contribution in [0.4, 0.5) is 0 Å². The maximum Gasteiger partial charge on any atom is 0.237 e. The van der Waals surface area contributed by atoms with Gasteiger partial charge in [0.05, 0.1) is 5.54 Å². The number of rotatable bonds is 7. The fourth-order valence-electron chi connectivity index (χ4n) is 1.70. The molecule has 0 radical (unpaired) electrons. The highest BCUT2D eigenvalue weighted by molar-refractivity contribution is 7.99. The summed E-state index contributed by atoms with van der Waals surface area (Å²) in [6.07, 6.45) is 1.72. The molecule has 18 heavy (non-hydrogen) atoms. The maximum atomic E-state index is 11.3. The van der Waals surface area contributed by atoms with Gasteiger partial charge < -0.3 is 11.1 Å². The van der Waals surface area contributed by atoms with Crippen LogP contribution in [0.25, 0.3) is 0 Å². The van der Waals surface area contributed by atoms with Crippen molar-refractivity contribution in [1.29, 1.82) is 0 Å². The van der Waals surface area contributed by atoms with E-state index in [0.717, 1.165) is 18.6 Å². The zero-order valence-corrected chi connectivity index (χ0v) is 12.1. The summed E-state index contributed by atoms with van der Waals surface area (Å²) >= 11 is 1.83. The molecule has 100 valence electrons. The smallest absolute Gasteiger partial charge is 0.237 e. The summed E-state index contributed by atoms with van der Waals surface area (Å²) in [5, 5.41) is 3.00. The van der Waals surface area contributed by atoms with Crippen molar-refractivity contribution in [3.63, 3.8) is 0 Å². The molecule has 1 atom stereocenters. The first-order chi connectivity index (χ1) is 8.49. The molecule has 3 N–H and O–H groups in total. The zero-order valence-electron chi connectivity index (χ0n) is 11.3. The van der Waals surface area contributed by atoms with Gasteiger partial charge in [0.2, 0.25) is 5.91 Å². The molecule has 0 aromatic heterocycles. The molecule has 0 aliphatic rings. The number of aryl methyl sites for hydroxylation is 1. The summed E-state index contributed by atoms with van der Waals surface area (Å²) < 4.78 is 0. The summed E-state index contributed by atoms with van der Waals surface area (Å²) in [4.78, 5) is 12.6. The van der Waals surface area contributed by atoms with E-state index in [4.69, 9.17) is 5.73 Å². The van der Waals surface area contributed by atoms with Crippen molar-refractivity contribution in [2.75, 3.05) is 12.8 Å². The van der Waals surface area contributed by atoms with Crippen molar-refractivity contribution in [3.05, 3.63) is 29.8 Å². The van der Waals surface area contributed by atoms with E-state index in [-0.39, 0.29) is 5.91 Å². The lowest BCUT2D eigenvalue weighted by molar-refractivity contribution is -0.123. The van der Waals surface area contributed by atoms with Crippen molar-refractivity contribution in [3.8, 4) is 0 Å². The number of benzene rings is 1. The number of amides is 1. The number of nitrogens with one attached hydrogen (secondary N) is 1. The van der Waals surface area contributed by atoms with Gasteiger partial charge in [0, 0.05) is 4.90 Å². The minimum atomic E-state index is -0.591. The average Bonchev–Trinajstić information content (AvgIpc) is 2.36. The third kappa shape index (κ3) is 4.03. The van der Waals surface area contributed by atoms with E-state index in [9.17, 15) is 4.79 Å². The molecule has 1 aromatic rings. The number of hydrogen-bond acceptors (Lipinski definition) is 3. The van der Waals surface area contributed by atoms with Crippen LogP contribution < -0.4 is 11.1 Å². The Kier molecular flexibility index (Phi) is 5.69. The summed E-state index contributed by atoms with van der Waals surface area (Å²) in [7, 11) is 1.78. The maximum absolute atomic E-state index is 11.3. The third-order valence-corrected chi connectivity index (χ3v) is 4.53. The SMILES string of the molecule is CNC(C)(CCCSc1ccccc1C)C(N)=O. The lowest BCUT2D eigenvalue weighted by Gasteiger charge is -2.25. The number of likely N-dealkylation sites (N-methyl/N-ethyl adjacent to an activating group) is 1. The van der Waals surface area contributed by atoms with Gasteiger partial charge >= 0.3 is 0 Å². The largest absolute Gasteiger partial charge is 0.368 e. The van der Waals surface area contributed by atoms with Crippen LogP contribution in [0.2, 0.25) is 0 Å². The predicted molar refractivity (Wildman–Crippen MR) is 77.8 cm³/mol. The van der Waals surface area contributed by atoms with E-state index >= 15 is 0 Å². The molecular formula is C14H22N2OS. The van der Waals surface area contributed by atoms with Gasteiger partial charge in [-0.3, -0.25) is 4.79 Å². The Morgan fingerprint density at radius 1 is 1.44 bits per heavy atom. The number of hydrogen-bond donors (Lipinski definition) is 2. The van der Waals surface area contributed by atoms with Gasteiger partial charge in [-0.1, -0.05) is 18.2 Å². The van der Waals surface area contributed by atoms with E-state index in [1.165, 1.54) is 10.5 Å². The molecule has 1 unspecified atom stereocenters. The molecule has 0 fully saturated rings. The average molecular weight is 266 g/mol. The highest BCUT2D eigenvalue weighted by atomic mass is 32.2. The highest BCUT2D eigenvalue weighted by Crippen LogP contribution is 2.24. The number of nitrogens with two attached hydrogens (primary N) is 1. The van der Waals surface area contributed by atoms with Crippen LogP contribution in [0.3, 0.4) is 0 Å². The Morgan fingerprint density at radius 2 is 2.11 bits per heavy atom. The highest BCUT2D eigenvalue weighted by Gasteiger charge is 2.27. The zero-order chi connectivity index (χ0) is 13.6. The first kappa shape index (κ1) is 15.1. The van der Waals surface area contributed by atoms with Gasteiger partial charge in [-0.05, 0) is 51.1 Å². The quantitative estimate of drug-likeness (QED) is 0.588. The van der Waals surface area contributed by atoms with Gasteiger partial charge in [-0.25, -0.2) is 0 Å². The molecule has 1 rings (SSSR count). The van der Waals surface area contributed by atoms with Crippen molar-refractivity contribution in [2.45, 2.75) is 37.1 Å². The molecule has 0 aliphatic heterocycles. The molecule has 1 aromatic carbocycles. The van der Waals surface area contributed by atoms with Crippen LogP contribution >= 0.6 is 11.8 Å². The Morgan fingerprint density at radius 3 is 2.67 bits per heavy atom. The molecule has 0 bridgehead atoms. The van der Waals surface area contributed by atoms with Gasteiger partial charge in [-0.15, -0.1) is 11.8 Å². The van der Waals surface area contributed by atoms with Crippen molar-refractivity contribution in [1.82, 2.24) is 5.32 Å². The molecule has 0 heterocycles. The third-order valence-electron chi connectivity index (χ3n) is 3.27. The summed E-state index contributed by atoms with van der Waals surface area (Å²) in [6.45, 7) is 3.97. The first-order valence-electron chi connectivity index (χ1n) is 6.17. The monoisotopic (exact) mass is 266 g/mol. The summed E-state index contributed by atoms with van der Waals surface area (Å²) in [5.41, 5.74) is 6.10. The Labute approximate surface area is 114 Å². The van der Waals surface area contributed by atoms with Crippen LogP contribution in [0.5, 0.6) is 0 Å². The summed E-state index contributed by atoms with van der Waals surface area (Å²) in [6, 6.07) is 8.34. The second kappa shape index (κ2) is 6.81. The van der Waals surface area contributed by atoms with E-state index in [2.05, 4.69) is 30.4 Å². The van der Waals surface area contributed by atoms with E-state index < -0.39 is 5.54 Å². The topological polar surface area (TPSA) is 55.1 Å². The minimum Gasteiger partial charge on any atom is -0.368 e. The molecule has 3 nitrogen and oxygen atoms in total. The number of carbonyl (C=O) groups excluding carboxylic acids is 1. The first-order valence-corrected chi connectivity index (χ1v) is 7.15. The molecular weight excluding hydrogens is 244 g/mol. The number of carbonyl (C=O) groups is 1. The van der Waals surface area contributed by atoms with Crippen molar-refractivity contribution >= 4 is 17.7 Å². The normalized spacial score (nSPS) is 14.2.